The third kappa shape index (κ3) is 1.85. The molecular formula is C11H16O4. The van der Waals surface area contributed by atoms with Crippen LogP contribution in [0.2, 0.25) is 0 Å². The second kappa shape index (κ2) is 3.51. The highest BCUT2D eigenvalue weighted by Gasteiger charge is 2.57. The molecule has 1 spiro atoms. The summed E-state index contributed by atoms with van der Waals surface area (Å²) in [6.07, 6.45) is 3.52. The fraction of sp³-hybridized carbons (Fsp3) is 0.818. The van der Waals surface area contributed by atoms with Crippen molar-refractivity contribution in [3.63, 3.8) is 0 Å². The molecule has 4 heteroatoms. The van der Waals surface area contributed by atoms with E-state index in [1.807, 2.05) is 0 Å². The van der Waals surface area contributed by atoms with Crippen molar-refractivity contribution in [2.24, 2.45) is 17.3 Å². The minimum atomic E-state index is -0.850. The van der Waals surface area contributed by atoms with E-state index in [4.69, 9.17) is 9.84 Å². The number of carboxylic acids is 1. The van der Waals surface area contributed by atoms with Crippen LogP contribution in [0.3, 0.4) is 0 Å². The van der Waals surface area contributed by atoms with Gasteiger partial charge in [-0.15, -0.1) is 0 Å². The van der Waals surface area contributed by atoms with E-state index < -0.39 is 17.8 Å². The monoisotopic (exact) mass is 212 g/mol. The topological polar surface area (TPSA) is 63.6 Å². The Morgan fingerprint density at radius 3 is 2.40 bits per heavy atom. The first-order chi connectivity index (χ1) is 7.08. The van der Waals surface area contributed by atoms with Crippen molar-refractivity contribution < 1.29 is 19.4 Å². The third-order valence-electron chi connectivity index (χ3n) is 3.66. The minimum absolute atomic E-state index is 0.167. The average Bonchev–Trinajstić information content (AvgIpc) is 2.77. The van der Waals surface area contributed by atoms with Gasteiger partial charge in [0.2, 0.25) is 0 Å². The Morgan fingerprint density at radius 2 is 1.93 bits per heavy atom. The van der Waals surface area contributed by atoms with Gasteiger partial charge in [-0.3, -0.25) is 9.59 Å². The largest absolute Gasteiger partial charge is 0.481 e. The van der Waals surface area contributed by atoms with Crippen molar-refractivity contribution in [3.8, 4) is 0 Å². The van der Waals surface area contributed by atoms with E-state index in [0.717, 1.165) is 12.8 Å². The summed E-state index contributed by atoms with van der Waals surface area (Å²) in [5.41, 5.74) is 0.167. The molecule has 0 bridgehead atoms. The number of carbonyl (C=O) groups excluding carboxylic acids is 1. The first-order valence-electron chi connectivity index (χ1n) is 5.47. The summed E-state index contributed by atoms with van der Waals surface area (Å²) >= 11 is 0. The zero-order chi connectivity index (χ0) is 11.1. The van der Waals surface area contributed by atoms with Crippen molar-refractivity contribution >= 4 is 11.9 Å². The van der Waals surface area contributed by atoms with Gasteiger partial charge in [0.1, 0.15) is 0 Å². The highest BCUT2D eigenvalue weighted by atomic mass is 16.5. The van der Waals surface area contributed by atoms with Crippen molar-refractivity contribution in [1.82, 2.24) is 0 Å². The summed E-state index contributed by atoms with van der Waals surface area (Å²) in [6.45, 7) is 2.07. The molecule has 0 heterocycles. The van der Waals surface area contributed by atoms with Gasteiger partial charge in [-0.1, -0.05) is 0 Å². The highest BCUT2D eigenvalue weighted by molar-refractivity contribution is 5.82. The predicted octanol–water partition coefficient (Wildman–Crippen LogP) is 1.44. The van der Waals surface area contributed by atoms with Gasteiger partial charge in [-0.05, 0) is 38.0 Å². The Labute approximate surface area is 88.6 Å². The van der Waals surface area contributed by atoms with Crippen LogP contribution in [0.1, 0.15) is 32.6 Å². The zero-order valence-electron chi connectivity index (χ0n) is 8.86. The van der Waals surface area contributed by atoms with Crippen LogP contribution in [0.5, 0.6) is 0 Å². The van der Waals surface area contributed by atoms with Gasteiger partial charge in [0.15, 0.2) is 0 Å². The van der Waals surface area contributed by atoms with E-state index >= 15 is 0 Å². The second-order valence-corrected chi connectivity index (χ2v) is 4.71. The van der Waals surface area contributed by atoms with E-state index in [2.05, 4.69) is 0 Å². The molecule has 0 saturated heterocycles. The molecule has 84 valence electrons. The van der Waals surface area contributed by atoms with Crippen LogP contribution in [-0.2, 0) is 14.3 Å². The van der Waals surface area contributed by atoms with E-state index in [-0.39, 0.29) is 11.4 Å². The molecule has 2 unspecified atom stereocenters. The van der Waals surface area contributed by atoms with Crippen LogP contribution >= 0.6 is 0 Å². The first-order valence-corrected chi connectivity index (χ1v) is 5.47. The lowest BCUT2D eigenvalue weighted by atomic mass is 9.96. The van der Waals surface area contributed by atoms with E-state index in [1.54, 1.807) is 6.92 Å². The maximum absolute atomic E-state index is 11.6. The van der Waals surface area contributed by atoms with Gasteiger partial charge < -0.3 is 9.84 Å². The quantitative estimate of drug-likeness (QED) is 0.719. The fourth-order valence-electron chi connectivity index (χ4n) is 2.64. The molecular weight excluding hydrogens is 196 g/mol. The molecule has 0 aliphatic heterocycles. The maximum atomic E-state index is 11.6. The SMILES string of the molecule is CCOC(=O)C1CC2(CC2)CC1C(=O)O. The van der Waals surface area contributed by atoms with Gasteiger partial charge >= 0.3 is 11.9 Å². The van der Waals surface area contributed by atoms with Crippen molar-refractivity contribution in [2.45, 2.75) is 32.6 Å². The minimum Gasteiger partial charge on any atom is -0.481 e. The van der Waals surface area contributed by atoms with Crippen LogP contribution in [0.15, 0.2) is 0 Å². The number of carboxylic acid groups (broad SMARTS) is 1. The van der Waals surface area contributed by atoms with Crippen molar-refractivity contribution in [3.05, 3.63) is 0 Å². The predicted molar refractivity (Wildman–Crippen MR) is 52.1 cm³/mol. The van der Waals surface area contributed by atoms with Gasteiger partial charge in [-0.25, -0.2) is 0 Å². The van der Waals surface area contributed by atoms with Crippen molar-refractivity contribution in [2.75, 3.05) is 6.61 Å². The van der Waals surface area contributed by atoms with Crippen LogP contribution in [0.4, 0.5) is 0 Å². The average molecular weight is 212 g/mol. The van der Waals surface area contributed by atoms with Gasteiger partial charge in [-0.2, -0.15) is 0 Å². The lowest BCUT2D eigenvalue weighted by Gasteiger charge is -2.13. The molecule has 2 rings (SSSR count). The Morgan fingerprint density at radius 1 is 1.33 bits per heavy atom. The summed E-state index contributed by atoms with van der Waals surface area (Å²) in [5.74, 6) is -2.11. The number of rotatable bonds is 3. The molecule has 0 amide bonds. The van der Waals surface area contributed by atoms with Crippen LogP contribution < -0.4 is 0 Å². The smallest absolute Gasteiger partial charge is 0.309 e. The van der Waals surface area contributed by atoms with Gasteiger partial charge in [0, 0.05) is 0 Å². The van der Waals surface area contributed by atoms with E-state index in [1.165, 1.54) is 0 Å². The van der Waals surface area contributed by atoms with Gasteiger partial charge in [0.05, 0.1) is 18.4 Å². The molecule has 2 aliphatic rings. The number of esters is 1. The Balaban J connectivity index is 2.08. The van der Waals surface area contributed by atoms with Crippen LogP contribution in [-0.4, -0.2) is 23.7 Å². The molecule has 2 aliphatic carbocycles. The number of ether oxygens (including phenoxy) is 1. The molecule has 0 aromatic carbocycles. The molecule has 15 heavy (non-hydrogen) atoms. The zero-order valence-corrected chi connectivity index (χ0v) is 8.86. The third-order valence-corrected chi connectivity index (χ3v) is 3.66. The molecule has 0 radical (unpaired) electrons. The summed E-state index contributed by atoms with van der Waals surface area (Å²) in [6, 6.07) is 0. The van der Waals surface area contributed by atoms with E-state index in [0.29, 0.717) is 19.4 Å². The molecule has 0 aromatic heterocycles. The van der Waals surface area contributed by atoms with Crippen LogP contribution in [0.25, 0.3) is 0 Å². The molecule has 1 N–H and O–H groups in total. The molecule has 2 saturated carbocycles. The molecule has 4 nitrogen and oxygen atoms in total. The lowest BCUT2D eigenvalue weighted by molar-refractivity contribution is -0.156. The maximum Gasteiger partial charge on any atom is 0.309 e. The van der Waals surface area contributed by atoms with Gasteiger partial charge in [0.25, 0.3) is 0 Å². The lowest BCUT2D eigenvalue weighted by Crippen LogP contribution is -2.26. The Bertz CT molecular complexity index is 293. The number of aliphatic carboxylic acids is 1. The molecule has 0 aromatic rings. The number of hydrogen-bond acceptors (Lipinski definition) is 3. The van der Waals surface area contributed by atoms with Crippen molar-refractivity contribution in [1.29, 1.82) is 0 Å². The van der Waals surface area contributed by atoms with E-state index in [9.17, 15) is 9.59 Å². The normalized spacial score (nSPS) is 31.5. The number of hydrogen-bond donors (Lipinski definition) is 1. The fourth-order valence-corrected chi connectivity index (χ4v) is 2.64. The summed E-state index contributed by atoms with van der Waals surface area (Å²) in [4.78, 5) is 22.6. The summed E-state index contributed by atoms with van der Waals surface area (Å²) in [7, 11) is 0. The Kier molecular flexibility index (Phi) is 2.44. The molecule has 2 atom stereocenters. The Hall–Kier alpha value is -1.06. The summed E-state index contributed by atoms with van der Waals surface area (Å²) in [5, 5.41) is 9.05. The second-order valence-electron chi connectivity index (χ2n) is 4.71. The standard InChI is InChI=1S/C11H16O4/c1-2-15-10(14)8-6-11(3-4-11)5-7(8)9(12)13/h7-8H,2-6H2,1H3,(H,12,13). The van der Waals surface area contributed by atoms with Crippen LogP contribution in [0, 0.1) is 17.3 Å². The highest BCUT2D eigenvalue weighted by Crippen LogP contribution is 2.61. The number of carbonyl (C=O) groups is 2. The first kappa shape index (κ1) is 10.5. The summed E-state index contributed by atoms with van der Waals surface area (Å²) < 4.78 is 4.93. The molecule has 2 fully saturated rings.